The van der Waals surface area contributed by atoms with Crippen molar-refractivity contribution in [1.29, 1.82) is 0 Å². The number of amides is 2. The molecule has 1 aromatic carbocycles. The van der Waals surface area contributed by atoms with Crippen molar-refractivity contribution in [1.82, 2.24) is 10.2 Å². The number of nitrogens with zero attached hydrogens (tertiary/aromatic N) is 1. The normalized spacial score (nSPS) is 17.0. The summed E-state index contributed by atoms with van der Waals surface area (Å²) in [6.07, 6.45) is 0. The Labute approximate surface area is 152 Å². The van der Waals surface area contributed by atoms with Crippen molar-refractivity contribution in [2.24, 2.45) is 5.92 Å². The minimum absolute atomic E-state index is 0.0243. The summed E-state index contributed by atoms with van der Waals surface area (Å²) in [6, 6.07) is 4.05. The van der Waals surface area contributed by atoms with Gasteiger partial charge in [0.05, 0.1) is 6.61 Å². The maximum absolute atomic E-state index is 12.9. The molecule has 0 spiro atoms. The topological polar surface area (TPSA) is 105 Å². The molecule has 8 nitrogen and oxygen atoms in total. The number of nitrogens with one attached hydrogen (secondary N) is 1. The van der Waals surface area contributed by atoms with Crippen LogP contribution in [0.15, 0.2) is 18.2 Å². The van der Waals surface area contributed by atoms with Crippen LogP contribution >= 0.6 is 0 Å². The van der Waals surface area contributed by atoms with E-state index in [0.29, 0.717) is 31.0 Å². The van der Waals surface area contributed by atoms with Gasteiger partial charge in [-0.2, -0.15) is 0 Å². The third-order valence-electron chi connectivity index (χ3n) is 3.99. The molecule has 1 atom stereocenters. The van der Waals surface area contributed by atoms with Crippen molar-refractivity contribution in [3.8, 4) is 11.5 Å². The first-order valence-corrected chi connectivity index (χ1v) is 8.55. The molecule has 2 amide bonds. The van der Waals surface area contributed by atoms with Gasteiger partial charge in [-0.1, -0.05) is 13.8 Å². The second-order valence-corrected chi connectivity index (χ2v) is 6.26. The van der Waals surface area contributed by atoms with E-state index in [1.54, 1.807) is 17.9 Å². The Morgan fingerprint density at radius 2 is 2.04 bits per heavy atom. The van der Waals surface area contributed by atoms with Crippen LogP contribution in [-0.2, 0) is 9.59 Å². The zero-order valence-corrected chi connectivity index (χ0v) is 15.2. The van der Waals surface area contributed by atoms with Crippen LogP contribution in [0.1, 0.15) is 31.1 Å². The SMILES string of the molecule is CCOc1cc(C(=O)N2CCNC(=O)[C@@H]2C(C)C)ccc1OCC(=O)O. The predicted molar refractivity (Wildman–Crippen MR) is 93.4 cm³/mol. The minimum Gasteiger partial charge on any atom is -0.490 e. The number of piperazine rings is 1. The van der Waals surface area contributed by atoms with Crippen LogP contribution in [0.2, 0.25) is 0 Å². The summed E-state index contributed by atoms with van der Waals surface area (Å²) >= 11 is 0. The number of hydrogen-bond donors (Lipinski definition) is 2. The van der Waals surface area contributed by atoms with Gasteiger partial charge in [0.25, 0.3) is 5.91 Å². The van der Waals surface area contributed by atoms with Gasteiger partial charge in [0, 0.05) is 18.7 Å². The van der Waals surface area contributed by atoms with Crippen LogP contribution < -0.4 is 14.8 Å². The van der Waals surface area contributed by atoms with Crippen LogP contribution in [0, 0.1) is 5.92 Å². The van der Waals surface area contributed by atoms with E-state index in [-0.39, 0.29) is 23.5 Å². The molecule has 1 aliphatic rings. The summed E-state index contributed by atoms with van der Waals surface area (Å²) < 4.78 is 10.7. The van der Waals surface area contributed by atoms with Crippen molar-refractivity contribution in [2.45, 2.75) is 26.8 Å². The molecule has 26 heavy (non-hydrogen) atoms. The minimum atomic E-state index is -1.10. The summed E-state index contributed by atoms with van der Waals surface area (Å²) in [5, 5.41) is 11.5. The largest absolute Gasteiger partial charge is 0.490 e. The van der Waals surface area contributed by atoms with Gasteiger partial charge < -0.3 is 24.8 Å². The lowest BCUT2D eigenvalue weighted by Crippen LogP contribution is -2.59. The molecule has 1 aromatic rings. The van der Waals surface area contributed by atoms with Gasteiger partial charge in [-0.3, -0.25) is 9.59 Å². The van der Waals surface area contributed by atoms with Gasteiger partial charge in [0.2, 0.25) is 5.91 Å². The molecule has 8 heteroatoms. The van der Waals surface area contributed by atoms with Gasteiger partial charge in [0.15, 0.2) is 18.1 Å². The van der Waals surface area contributed by atoms with Gasteiger partial charge >= 0.3 is 5.97 Å². The highest BCUT2D eigenvalue weighted by atomic mass is 16.5. The number of carbonyl (C=O) groups excluding carboxylic acids is 2. The Kier molecular flexibility index (Phi) is 6.43. The Balaban J connectivity index is 2.28. The molecule has 0 aromatic heterocycles. The van der Waals surface area contributed by atoms with Crippen LogP contribution in [0.3, 0.4) is 0 Å². The molecule has 0 unspecified atom stereocenters. The third-order valence-corrected chi connectivity index (χ3v) is 3.99. The number of hydrogen-bond acceptors (Lipinski definition) is 5. The molecule has 2 rings (SSSR count). The number of carboxylic acid groups (broad SMARTS) is 1. The fraction of sp³-hybridized carbons (Fsp3) is 0.500. The highest BCUT2D eigenvalue weighted by Crippen LogP contribution is 2.30. The lowest BCUT2D eigenvalue weighted by Gasteiger charge is -2.37. The number of ether oxygens (including phenoxy) is 2. The fourth-order valence-electron chi connectivity index (χ4n) is 2.91. The van der Waals surface area contributed by atoms with E-state index in [0.717, 1.165) is 0 Å². The Morgan fingerprint density at radius 3 is 2.65 bits per heavy atom. The second kappa shape index (κ2) is 8.55. The molecular weight excluding hydrogens is 340 g/mol. The standard InChI is InChI=1S/C18H24N2O6/c1-4-25-14-9-12(5-6-13(14)26-10-15(21)22)18(24)20-8-7-19-17(23)16(20)11(2)3/h5-6,9,11,16H,4,7-8,10H2,1-3H3,(H,19,23)(H,21,22)/t16-/m0/s1. The Morgan fingerprint density at radius 1 is 1.31 bits per heavy atom. The zero-order valence-electron chi connectivity index (χ0n) is 15.2. The van der Waals surface area contributed by atoms with Crippen molar-refractivity contribution < 1.29 is 29.0 Å². The number of benzene rings is 1. The molecular formula is C18H24N2O6. The van der Waals surface area contributed by atoms with Gasteiger partial charge in [-0.25, -0.2) is 4.79 Å². The first-order chi connectivity index (χ1) is 12.3. The van der Waals surface area contributed by atoms with E-state index in [2.05, 4.69) is 5.32 Å². The monoisotopic (exact) mass is 364 g/mol. The summed E-state index contributed by atoms with van der Waals surface area (Å²) in [5.74, 6) is -1.02. The van der Waals surface area contributed by atoms with Crippen molar-refractivity contribution in [3.63, 3.8) is 0 Å². The molecule has 1 fully saturated rings. The summed E-state index contributed by atoms with van der Waals surface area (Å²) in [4.78, 5) is 37.4. The smallest absolute Gasteiger partial charge is 0.341 e. The highest BCUT2D eigenvalue weighted by molar-refractivity contribution is 5.98. The van der Waals surface area contributed by atoms with Gasteiger partial charge in [-0.05, 0) is 31.0 Å². The lowest BCUT2D eigenvalue weighted by atomic mass is 9.98. The molecule has 1 saturated heterocycles. The van der Waals surface area contributed by atoms with E-state index in [1.807, 2.05) is 13.8 Å². The maximum Gasteiger partial charge on any atom is 0.341 e. The van der Waals surface area contributed by atoms with E-state index >= 15 is 0 Å². The third kappa shape index (κ3) is 4.44. The first-order valence-electron chi connectivity index (χ1n) is 8.55. The molecule has 0 radical (unpaired) electrons. The second-order valence-electron chi connectivity index (χ2n) is 6.26. The molecule has 1 heterocycles. The molecule has 0 bridgehead atoms. The molecule has 0 aliphatic carbocycles. The van der Waals surface area contributed by atoms with Crippen LogP contribution in [0.25, 0.3) is 0 Å². The molecule has 2 N–H and O–H groups in total. The van der Waals surface area contributed by atoms with E-state index in [4.69, 9.17) is 14.6 Å². The number of rotatable bonds is 7. The van der Waals surface area contributed by atoms with Crippen LogP contribution in [0.4, 0.5) is 0 Å². The average Bonchev–Trinajstić information content (AvgIpc) is 2.59. The van der Waals surface area contributed by atoms with Crippen molar-refractivity contribution >= 4 is 17.8 Å². The van der Waals surface area contributed by atoms with E-state index < -0.39 is 18.6 Å². The Hall–Kier alpha value is -2.77. The highest BCUT2D eigenvalue weighted by Gasteiger charge is 2.35. The first kappa shape index (κ1) is 19.6. The van der Waals surface area contributed by atoms with Gasteiger partial charge in [0.1, 0.15) is 6.04 Å². The number of carbonyl (C=O) groups is 3. The molecule has 0 saturated carbocycles. The maximum atomic E-state index is 12.9. The lowest BCUT2D eigenvalue weighted by molar-refractivity contribution is -0.139. The summed E-state index contributed by atoms with van der Waals surface area (Å²) in [7, 11) is 0. The van der Waals surface area contributed by atoms with E-state index in [1.165, 1.54) is 12.1 Å². The molecule has 142 valence electrons. The van der Waals surface area contributed by atoms with Crippen LogP contribution in [0.5, 0.6) is 11.5 Å². The van der Waals surface area contributed by atoms with Crippen molar-refractivity contribution in [2.75, 3.05) is 26.3 Å². The van der Waals surface area contributed by atoms with E-state index in [9.17, 15) is 14.4 Å². The quantitative estimate of drug-likeness (QED) is 0.752. The Bertz CT molecular complexity index is 688. The summed E-state index contributed by atoms with van der Waals surface area (Å²) in [5.41, 5.74) is 0.358. The number of carboxylic acids is 1. The van der Waals surface area contributed by atoms with Gasteiger partial charge in [-0.15, -0.1) is 0 Å². The fourth-order valence-corrected chi connectivity index (χ4v) is 2.91. The predicted octanol–water partition coefficient (Wildman–Crippen LogP) is 1.15. The van der Waals surface area contributed by atoms with Crippen LogP contribution in [-0.4, -0.2) is 60.1 Å². The molecule has 1 aliphatic heterocycles. The average molecular weight is 364 g/mol. The summed E-state index contributed by atoms with van der Waals surface area (Å²) in [6.45, 7) is 6.23. The number of aliphatic carboxylic acids is 1. The van der Waals surface area contributed by atoms with Crippen molar-refractivity contribution in [3.05, 3.63) is 23.8 Å². The zero-order chi connectivity index (χ0) is 19.3.